The molecule has 4 fully saturated rings. The second-order valence-corrected chi connectivity index (χ2v) is 9.75. The normalized spacial score (nSPS) is 29.1. The molecule has 0 radical (unpaired) electrons. The van der Waals surface area contributed by atoms with Crippen LogP contribution in [0.2, 0.25) is 0 Å². The number of aryl methyl sites for hydroxylation is 1. The quantitative estimate of drug-likeness (QED) is 0.562. The van der Waals surface area contributed by atoms with Crippen molar-refractivity contribution < 1.29 is 41.2 Å². The number of hydrogen-bond acceptors (Lipinski definition) is 5. The Morgan fingerprint density at radius 2 is 1.58 bits per heavy atom. The second kappa shape index (κ2) is 10.9. The van der Waals surface area contributed by atoms with Gasteiger partial charge in [0.25, 0.3) is 0 Å². The van der Waals surface area contributed by atoms with Crippen LogP contribution in [0.4, 0.5) is 0 Å². The Morgan fingerprint density at radius 3 is 2.00 bits per heavy atom. The molecule has 1 aromatic carbocycles. The Hall–Kier alpha value is -1.50. The van der Waals surface area contributed by atoms with Crippen molar-refractivity contribution in [3.8, 4) is 5.75 Å². The molecule has 5 rings (SSSR count). The van der Waals surface area contributed by atoms with Crippen molar-refractivity contribution in [3.05, 3.63) is 28.8 Å². The summed E-state index contributed by atoms with van der Waals surface area (Å²) in [7, 11) is 1.00. The zero-order valence-electron chi connectivity index (χ0n) is 18.9. The number of aliphatic imine (C=N–C) groups is 1. The summed E-state index contributed by atoms with van der Waals surface area (Å²) in [4.78, 5) is 15.7. The maximum absolute atomic E-state index is 11.4. The monoisotopic (exact) mass is 468 g/mol. The summed E-state index contributed by atoms with van der Waals surface area (Å²) >= 11 is 1.06. The average molecular weight is 468 g/mol. The van der Waals surface area contributed by atoms with Crippen molar-refractivity contribution in [2.45, 2.75) is 70.8 Å². The molecule has 0 aliphatic heterocycles. The predicted octanol–water partition coefficient (Wildman–Crippen LogP) is 4.18. The maximum atomic E-state index is 11.4. The average Bonchev–Trinajstić information content (AvgIpc) is 2.71. The summed E-state index contributed by atoms with van der Waals surface area (Å²) in [6.45, 7) is 5.76. The summed E-state index contributed by atoms with van der Waals surface area (Å²) in [5, 5.41) is 27.5. The van der Waals surface area contributed by atoms with E-state index in [1.807, 2.05) is 19.9 Å². The van der Waals surface area contributed by atoms with E-state index in [9.17, 15) is 15.0 Å². The summed E-state index contributed by atoms with van der Waals surface area (Å²) < 4.78 is 8.19. The van der Waals surface area contributed by atoms with E-state index >= 15 is 0 Å². The molecule has 0 saturated heterocycles. The minimum atomic E-state index is -0.922. The number of carbonyl (C=O) groups is 1. The Morgan fingerprint density at radius 1 is 1.10 bits per heavy atom. The van der Waals surface area contributed by atoms with Gasteiger partial charge in [-0.15, -0.1) is 0 Å². The van der Waals surface area contributed by atoms with E-state index in [0.717, 1.165) is 53.4 Å². The Labute approximate surface area is 194 Å². The van der Waals surface area contributed by atoms with Gasteiger partial charge in [0.2, 0.25) is 0 Å². The fourth-order valence-corrected chi connectivity index (χ4v) is 6.43. The molecule has 4 aliphatic rings. The number of rotatable bonds is 5. The van der Waals surface area contributed by atoms with E-state index in [2.05, 4.69) is 18.0 Å². The molecule has 0 heterocycles. The first-order valence-corrected chi connectivity index (χ1v) is 11.6. The topological polar surface area (TPSA) is 107 Å². The molecule has 0 spiro atoms. The van der Waals surface area contributed by atoms with E-state index in [1.54, 1.807) is 6.21 Å². The van der Waals surface area contributed by atoms with Crippen LogP contribution in [0.15, 0.2) is 17.1 Å². The number of phenolic OH excluding ortho intramolecular Hbond substituents is 1. The molecule has 6 nitrogen and oxygen atoms in total. The van der Waals surface area contributed by atoms with E-state index in [1.165, 1.54) is 38.5 Å². The fourth-order valence-electron chi connectivity index (χ4n) is 6.43. The van der Waals surface area contributed by atoms with Gasteiger partial charge in [0.1, 0.15) is 11.8 Å². The summed E-state index contributed by atoms with van der Waals surface area (Å²) in [5.74, 6) is 1.74. The third-order valence-corrected chi connectivity index (χ3v) is 7.15. The van der Waals surface area contributed by atoms with Gasteiger partial charge in [-0.1, -0.05) is 19.9 Å². The fraction of sp³-hybridized carbons (Fsp3) is 0.667. The third-order valence-electron chi connectivity index (χ3n) is 7.15. The number of hydrogen-bond donors (Lipinski definition) is 3. The molecule has 0 aromatic heterocycles. The Balaban J connectivity index is 0.000000807. The number of benzene rings is 1. The molecule has 1 atom stereocenters. The molecular weight excluding hydrogens is 433 g/mol. The van der Waals surface area contributed by atoms with Crippen molar-refractivity contribution in [1.29, 1.82) is 0 Å². The van der Waals surface area contributed by atoms with Gasteiger partial charge >= 0.3 is 27.0 Å². The first-order chi connectivity index (χ1) is 14.8. The number of carboxylic acids is 1. The van der Waals surface area contributed by atoms with Gasteiger partial charge in [0, 0.05) is 24.5 Å². The Bertz CT molecular complexity index is 772. The second-order valence-electron chi connectivity index (χ2n) is 9.75. The van der Waals surface area contributed by atoms with Gasteiger partial charge in [0.05, 0.1) is 0 Å². The molecule has 7 heteroatoms. The molecule has 0 amide bonds. The first kappa shape index (κ1) is 25.8. The van der Waals surface area contributed by atoms with E-state index in [0.29, 0.717) is 11.3 Å². The molecular formula is C24H35NO5V. The molecule has 31 heavy (non-hydrogen) atoms. The molecule has 0 unspecified atom stereocenters. The van der Waals surface area contributed by atoms with Crippen LogP contribution in [0.25, 0.3) is 0 Å². The van der Waals surface area contributed by atoms with Crippen molar-refractivity contribution in [2.75, 3.05) is 7.11 Å². The standard InChI is InChI=1S/C23H31NO3.CH4O.O.V/c1-13(2)20(22(26)27)24-12-18-4-14(3)5-19(21(18)25)23-9-15-6-16(10-23)8-17(7-15)11-23;1-2;;/h4-5,12-13,15-17,20,25H,6-11H2,1-3H3,(H,26,27);2H,1H3;;/t15?,16?,17?,20-,23?;;;/m0.../s1. The van der Waals surface area contributed by atoms with Crippen molar-refractivity contribution in [1.82, 2.24) is 0 Å². The number of aliphatic carboxylic acids is 1. The predicted molar refractivity (Wildman–Crippen MR) is 115 cm³/mol. The van der Waals surface area contributed by atoms with Crippen LogP contribution in [0, 0.1) is 30.6 Å². The third kappa shape index (κ3) is 5.47. The van der Waals surface area contributed by atoms with Crippen LogP contribution in [0.5, 0.6) is 5.75 Å². The molecule has 1 aromatic rings. The van der Waals surface area contributed by atoms with Gasteiger partial charge in [-0.05, 0) is 86.2 Å². The zero-order valence-corrected chi connectivity index (χ0v) is 20.3. The number of aromatic hydroxyl groups is 1. The molecule has 4 bridgehead atoms. The molecule has 4 saturated carbocycles. The van der Waals surface area contributed by atoms with E-state index in [-0.39, 0.29) is 11.3 Å². The molecule has 4 aliphatic carbocycles. The van der Waals surface area contributed by atoms with Crippen molar-refractivity contribution in [2.24, 2.45) is 28.7 Å². The van der Waals surface area contributed by atoms with Crippen LogP contribution in [-0.2, 0) is 31.3 Å². The van der Waals surface area contributed by atoms with Gasteiger partial charge in [-0.3, -0.25) is 4.99 Å². The van der Waals surface area contributed by atoms with Gasteiger partial charge < -0.3 is 15.3 Å². The molecule has 3 N–H and O–H groups in total. The summed E-state index contributed by atoms with van der Waals surface area (Å²) in [6.07, 6.45) is 9.26. The summed E-state index contributed by atoms with van der Waals surface area (Å²) in [5.41, 5.74) is 2.96. The minimum absolute atomic E-state index is 0.0895. The number of nitrogens with zero attached hydrogens (tertiary/aromatic N) is 1. The van der Waals surface area contributed by atoms with Crippen LogP contribution in [0.1, 0.15) is 69.1 Å². The number of aliphatic hydroxyl groups is 1. The SMILES string of the molecule is CO.Cc1cc(C=N[C@H](C(=O)O)C(C)C)c(O)c(C23CC4CC(CC(C4)C2)C3)c1.[O]=[V]. The van der Waals surface area contributed by atoms with Crippen LogP contribution < -0.4 is 0 Å². The number of carboxylic acid groups (broad SMARTS) is 1. The van der Waals surface area contributed by atoms with Crippen molar-refractivity contribution in [3.63, 3.8) is 0 Å². The van der Waals surface area contributed by atoms with Gasteiger partial charge in [-0.25, -0.2) is 4.79 Å². The van der Waals surface area contributed by atoms with Gasteiger partial charge in [-0.2, -0.15) is 0 Å². The first-order valence-electron chi connectivity index (χ1n) is 11.0. The van der Waals surface area contributed by atoms with Gasteiger partial charge in [0.15, 0.2) is 0 Å². The van der Waals surface area contributed by atoms with E-state index < -0.39 is 12.0 Å². The van der Waals surface area contributed by atoms with Crippen molar-refractivity contribution >= 4 is 12.2 Å². The zero-order chi connectivity index (χ0) is 23.3. The van der Waals surface area contributed by atoms with Crippen LogP contribution in [0.3, 0.4) is 0 Å². The van der Waals surface area contributed by atoms with Crippen LogP contribution >= 0.6 is 0 Å². The van der Waals surface area contributed by atoms with E-state index in [4.69, 9.17) is 8.78 Å². The number of aliphatic hydroxyl groups excluding tert-OH is 1. The number of phenols is 1. The summed E-state index contributed by atoms with van der Waals surface area (Å²) in [6, 6.07) is 3.30. The van der Waals surface area contributed by atoms with Crippen LogP contribution in [-0.4, -0.2) is 40.7 Å². The molecule has 171 valence electrons. The Kier molecular flexibility index (Phi) is 9.05.